The molecule has 0 aliphatic rings. The fourth-order valence-electron chi connectivity index (χ4n) is 12.5. The highest BCUT2D eigenvalue weighted by Gasteiger charge is 2.30. The number of carbonyl (C=O) groups is 4. The molecule has 0 amide bonds. The van der Waals surface area contributed by atoms with E-state index in [1.165, 1.54) is 244 Å². The first-order chi connectivity index (χ1) is 48.4. The van der Waals surface area contributed by atoms with E-state index < -0.39 is 97.5 Å². The van der Waals surface area contributed by atoms with E-state index in [0.29, 0.717) is 25.7 Å². The Morgan fingerprint density at radius 2 is 0.510 bits per heavy atom. The smallest absolute Gasteiger partial charge is 0.462 e. The molecular weight excluding hydrogens is 1310 g/mol. The maximum absolute atomic E-state index is 13.1. The number of esters is 4. The molecule has 0 heterocycles. The largest absolute Gasteiger partial charge is 0.472 e. The summed E-state index contributed by atoms with van der Waals surface area (Å²) in [6.07, 6.45) is 62.3. The van der Waals surface area contributed by atoms with Crippen LogP contribution in [0.25, 0.3) is 0 Å². The number of rotatable bonds is 80. The van der Waals surface area contributed by atoms with E-state index in [1.54, 1.807) is 0 Å². The van der Waals surface area contributed by atoms with Gasteiger partial charge in [-0.25, -0.2) is 9.13 Å². The Labute approximate surface area is 613 Å². The maximum atomic E-state index is 13.1. The Morgan fingerprint density at radius 3 is 0.760 bits per heavy atom. The van der Waals surface area contributed by atoms with Crippen LogP contribution in [0.5, 0.6) is 0 Å². The number of phosphoric acid groups is 2. The SMILES string of the molecule is CCCCCCCCCCCCCC(=O)OC[C@H](COP(=O)(O)OC[C@H](O)COP(=O)(O)OC[C@@H](COC(=O)CCCCCCCCCCCCCCCC(C)C)OC(=O)CCCCCCCCCCCCCCCCCCCCC(C)CC)OC(=O)CCCCCCCCCCCCC. The van der Waals surface area contributed by atoms with Gasteiger partial charge in [0.2, 0.25) is 0 Å². The molecule has 3 N–H and O–H groups in total. The van der Waals surface area contributed by atoms with Gasteiger partial charge in [-0.05, 0) is 37.5 Å². The highest BCUT2D eigenvalue weighted by atomic mass is 31.2. The van der Waals surface area contributed by atoms with Crippen molar-refractivity contribution in [2.45, 2.75) is 445 Å². The van der Waals surface area contributed by atoms with Crippen molar-refractivity contribution in [2.24, 2.45) is 11.8 Å². The molecular formula is C81H158O17P2. The van der Waals surface area contributed by atoms with Crippen LogP contribution in [0.2, 0.25) is 0 Å². The lowest BCUT2D eigenvalue weighted by molar-refractivity contribution is -0.161. The second-order valence-corrected chi connectivity index (χ2v) is 32.8. The monoisotopic (exact) mass is 1470 g/mol. The summed E-state index contributed by atoms with van der Waals surface area (Å²) in [6.45, 7) is 9.71. The Bertz CT molecular complexity index is 1930. The molecule has 0 radical (unpaired) electrons. The van der Waals surface area contributed by atoms with Crippen molar-refractivity contribution in [3.05, 3.63) is 0 Å². The van der Waals surface area contributed by atoms with Gasteiger partial charge in [-0.2, -0.15) is 0 Å². The molecule has 0 aromatic rings. The van der Waals surface area contributed by atoms with Gasteiger partial charge in [0.05, 0.1) is 26.4 Å². The maximum Gasteiger partial charge on any atom is 0.472 e. The zero-order valence-electron chi connectivity index (χ0n) is 65.5. The first kappa shape index (κ1) is 98.1. The highest BCUT2D eigenvalue weighted by Crippen LogP contribution is 2.45. The quantitative estimate of drug-likeness (QED) is 0.0222. The average Bonchev–Trinajstić information content (AvgIpc) is 0.942. The van der Waals surface area contributed by atoms with E-state index in [0.717, 1.165) is 102 Å². The number of carbonyl (C=O) groups excluding carboxylic acids is 4. The Balaban J connectivity index is 5.20. The minimum absolute atomic E-state index is 0.107. The minimum Gasteiger partial charge on any atom is -0.462 e. The third-order valence-corrected chi connectivity index (χ3v) is 21.2. The molecule has 0 aliphatic heterocycles. The molecule has 0 saturated carbocycles. The van der Waals surface area contributed by atoms with Crippen molar-refractivity contribution in [1.82, 2.24) is 0 Å². The van der Waals surface area contributed by atoms with Crippen LogP contribution in [0.1, 0.15) is 427 Å². The van der Waals surface area contributed by atoms with E-state index in [9.17, 15) is 43.2 Å². The summed E-state index contributed by atoms with van der Waals surface area (Å²) < 4.78 is 68.7. The van der Waals surface area contributed by atoms with Crippen molar-refractivity contribution in [2.75, 3.05) is 39.6 Å². The van der Waals surface area contributed by atoms with E-state index in [1.807, 2.05) is 0 Å². The van der Waals surface area contributed by atoms with Crippen LogP contribution in [0.15, 0.2) is 0 Å². The molecule has 19 heteroatoms. The zero-order valence-corrected chi connectivity index (χ0v) is 67.3. The Hall–Kier alpha value is -1.94. The van der Waals surface area contributed by atoms with Gasteiger partial charge in [-0.15, -0.1) is 0 Å². The van der Waals surface area contributed by atoms with Gasteiger partial charge in [0.15, 0.2) is 12.2 Å². The summed E-state index contributed by atoms with van der Waals surface area (Å²) in [6, 6.07) is 0. The summed E-state index contributed by atoms with van der Waals surface area (Å²) in [5.41, 5.74) is 0. The number of phosphoric ester groups is 2. The third kappa shape index (κ3) is 73.0. The molecule has 17 nitrogen and oxygen atoms in total. The molecule has 0 fully saturated rings. The fourth-order valence-corrected chi connectivity index (χ4v) is 14.1. The molecule has 100 heavy (non-hydrogen) atoms. The van der Waals surface area contributed by atoms with E-state index in [2.05, 4.69) is 41.5 Å². The Morgan fingerprint density at radius 1 is 0.290 bits per heavy atom. The van der Waals surface area contributed by atoms with E-state index in [4.69, 9.17) is 37.0 Å². The van der Waals surface area contributed by atoms with Gasteiger partial charge >= 0.3 is 39.5 Å². The molecule has 0 saturated heterocycles. The van der Waals surface area contributed by atoms with E-state index >= 15 is 0 Å². The number of aliphatic hydroxyl groups is 1. The second kappa shape index (κ2) is 72.6. The molecule has 0 aromatic carbocycles. The fraction of sp³-hybridized carbons (Fsp3) is 0.951. The number of hydrogen-bond acceptors (Lipinski definition) is 15. The molecule has 3 unspecified atom stereocenters. The first-order valence-corrected chi connectivity index (χ1v) is 45.0. The van der Waals surface area contributed by atoms with Crippen molar-refractivity contribution in [1.29, 1.82) is 0 Å². The lowest BCUT2D eigenvalue weighted by Gasteiger charge is -2.21. The normalized spacial score (nSPS) is 14.2. The topological polar surface area (TPSA) is 237 Å². The number of aliphatic hydroxyl groups excluding tert-OH is 1. The molecule has 0 aliphatic carbocycles. The van der Waals surface area contributed by atoms with Crippen LogP contribution in [-0.2, 0) is 65.4 Å². The molecule has 0 rings (SSSR count). The molecule has 0 bridgehead atoms. The molecule has 594 valence electrons. The Kier molecular flexibility index (Phi) is 71.2. The predicted molar refractivity (Wildman–Crippen MR) is 409 cm³/mol. The van der Waals surface area contributed by atoms with Gasteiger partial charge < -0.3 is 33.8 Å². The van der Waals surface area contributed by atoms with Crippen LogP contribution in [0, 0.1) is 11.8 Å². The van der Waals surface area contributed by atoms with Gasteiger partial charge in [0.1, 0.15) is 19.3 Å². The standard InChI is InChI=1S/C81H158O17P2/c1-7-10-12-14-16-18-31-39-45-51-57-63-78(83)91-69-76(97-80(85)65-59-53-47-41-32-19-17-15-13-11-8-2)71-95-99(87,88)93-67-75(82)68-94-100(89,90)96-72-77(70-92-79(84)64-58-52-46-40-35-30-26-27-33-37-43-49-55-61-73(4)5)98-81(86)66-60-54-48-42-36-29-25-23-21-20-22-24-28-34-38-44-50-56-62-74(6)9-3/h73-77,82H,7-72H2,1-6H3,(H,87,88)(H,89,90)/t74?,75-,76+,77+/m0/s1. The van der Waals surface area contributed by atoms with Crippen molar-refractivity contribution < 1.29 is 80.2 Å². The number of hydrogen-bond donors (Lipinski definition) is 3. The van der Waals surface area contributed by atoms with Crippen LogP contribution >= 0.6 is 15.6 Å². The summed E-state index contributed by atoms with van der Waals surface area (Å²) in [5, 5.41) is 10.6. The first-order valence-electron chi connectivity index (χ1n) is 42.0. The van der Waals surface area contributed by atoms with Crippen LogP contribution < -0.4 is 0 Å². The summed E-state index contributed by atoms with van der Waals surface area (Å²) in [5.74, 6) is -0.446. The second-order valence-electron chi connectivity index (χ2n) is 29.9. The van der Waals surface area contributed by atoms with E-state index in [-0.39, 0.29) is 25.7 Å². The molecule has 0 spiro atoms. The summed E-state index contributed by atoms with van der Waals surface area (Å²) in [4.78, 5) is 73.0. The predicted octanol–water partition coefficient (Wildman–Crippen LogP) is 24.3. The van der Waals surface area contributed by atoms with Crippen molar-refractivity contribution in [3.8, 4) is 0 Å². The highest BCUT2D eigenvalue weighted by molar-refractivity contribution is 7.47. The summed E-state index contributed by atoms with van der Waals surface area (Å²) >= 11 is 0. The van der Waals surface area contributed by atoms with Crippen LogP contribution in [0.4, 0.5) is 0 Å². The third-order valence-electron chi connectivity index (χ3n) is 19.3. The average molecular weight is 1470 g/mol. The lowest BCUT2D eigenvalue weighted by atomic mass is 9.99. The number of unbranched alkanes of at least 4 members (excludes halogenated alkanes) is 49. The van der Waals surface area contributed by atoms with Gasteiger partial charge in [-0.1, -0.05) is 375 Å². The summed E-state index contributed by atoms with van der Waals surface area (Å²) in [7, 11) is -9.92. The van der Waals surface area contributed by atoms with Gasteiger partial charge in [-0.3, -0.25) is 37.3 Å². The number of ether oxygens (including phenoxy) is 4. The molecule has 6 atom stereocenters. The van der Waals surface area contributed by atoms with Gasteiger partial charge in [0.25, 0.3) is 0 Å². The van der Waals surface area contributed by atoms with Crippen molar-refractivity contribution in [3.63, 3.8) is 0 Å². The van der Waals surface area contributed by atoms with Crippen LogP contribution in [-0.4, -0.2) is 96.7 Å². The zero-order chi connectivity index (χ0) is 73.5. The minimum atomic E-state index is -4.96. The lowest BCUT2D eigenvalue weighted by Crippen LogP contribution is -2.30. The van der Waals surface area contributed by atoms with Crippen LogP contribution in [0.3, 0.4) is 0 Å². The molecule has 0 aromatic heterocycles. The van der Waals surface area contributed by atoms with Gasteiger partial charge in [0, 0.05) is 25.7 Å². The van der Waals surface area contributed by atoms with Crippen molar-refractivity contribution >= 4 is 39.5 Å².